The Morgan fingerprint density at radius 2 is 0.957 bits per heavy atom. The summed E-state index contributed by atoms with van der Waals surface area (Å²) in [6.07, 6.45) is 1.98. The molecule has 0 atom stereocenters. The van der Waals surface area contributed by atoms with Crippen molar-refractivity contribution < 1.29 is 25.8 Å². The molecule has 3 heterocycles. The fourth-order valence-electron chi connectivity index (χ4n) is 15.2. The van der Waals surface area contributed by atoms with Gasteiger partial charge in [0.2, 0.25) is 0 Å². The van der Waals surface area contributed by atoms with Gasteiger partial charge in [0.15, 0.2) is 0 Å². The minimum Gasteiger partial charge on any atom is -0.509 e. The van der Waals surface area contributed by atoms with Crippen molar-refractivity contribution in [1.82, 2.24) is 9.55 Å². The number of pyridine rings is 1. The molecule has 13 aromatic rings. The molecule has 16 rings (SSSR count). The van der Waals surface area contributed by atoms with Gasteiger partial charge >= 0.3 is 0 Å². The minimum atomic E-state index is -0.499. The molecule has 2 aliphatic carbocycles. The Morgan fingerprint density at radius 3 is 1.64 bits per heavy atom. The van der Waals surface area contributed by atoms with Gasteiger partial charge in [-0.15, -0.1) is 48.1 Å². The predicted octanol–water partition coefficient (Wildman–Crippen LogP) is 22.9. The second-order valence-corrected chi connectivity index (χ2v) is 29.3. The van der Waals surface area contributed by atoms with Gasteiger partial charge in [-0.25, -0.2) is 4.98 Å². The van der Waals surface area contributed by atoms with Crippen LogP contribution in [0.5, 0.6) is 11.5 Å². The van der Waals surface area contributed by atoms with E-state index in [1.807, 2.05) is 18.3 Å². The maximum absolute atomic E-state index is 6.87. The first kappa shape index (κ1) is 60.7. The van der Waals surface area contributed by atoms with Crippen LogP contribution in [0.2, 0.25) is 0 Å². The molecule has 0 bridgehead atoms. The molecular weight excluding hydrogens is 1320 g/mol. The van der Waals surface area contributed by atoms with E-state index in [9.17, 15) is 0 Å². The number of aromatic nitrogens is 2. The summed E-state index contributed by atoms with van der Waals surface area (Å²) in [6, 6.07) is 97.2. The van der Waals surface area contributed by atoms with Crippen molar-refractivity contribution in [2.24, 2.45) is 0 Å². The third kappa shape index (κ3) is 9.70. The summed E-state index contributed by atoms with van der Waals surface area (Å²) in [6.45, 7) is 27.8. The average Bonchev–Trinajstić information content (AvgIpc) is 1.43. The molecular formula is C88H75N4OPt-3. The van der Waals surface area contributed by atoms with E-state index in [-0.39, 0.29) is 42.7 Å². The molecule has 5 nitrogen and oxygen atoms in total. The van der Waals surface area contributed by atoms with Gasteiger partial charge in [0.1, 0.15) is 5.82 Å². The standard InChI is InChI=1S/C88H75N4O.Pt/c1-84(2,3)60-26-22-25-56(47-60)58-42-46-82(89-54-58)92-78-38-19-13-30-69(78)70-44-43-65(53-81(70)92)93-64-28-23-27-63(52-64)90-55-91(80-40-21-20-39-79(80)90)83-66(31-24-32-67(83)59-48-61(85(4,5)6)51-62(49-59)86(7,8)9)57-41-45-73-71(50-57)68-29-12-14-33-72(68)88(73)76-36-17-15-34-74(76)87(10,11)75-35-16-18-37-77(75)88;/h12-51,54-55H,1-11H3;/q-3;. The molecule has 0 radical (unpaired) electrons. The number of rotatable bonds is 8. The van der Waals surface area contributed by atoms with E-state index < -0.39 is 5.41 Å². The molecule has 3 aliphatic rings. The molecule has 1 aliphatic heterocycles. The van der Waals surface area contributed by atoms with Crippen molar-refractivity contribution >= 4 is 44.6 Å². The number of hydrogen-bond acceptors (Lipinski definition) is 4. The fraction of sp³-hybridized carbons (Fsp3) is 0.182. The largest absolute Gasteiger partial charge is 0.509 e. The molecule has 2 aromatic heterocycles. The molecule has 0 saturated carbocycles. The number of hydrogen-bond donors (Lipinski definition) is 0. The van der Waals surface area contributed by atoms with E-state index in [2.05, 4.69) is 340 Å². The number of ether oxygens (including phenoxy) is 1. The van der Waals surface area contributed by atoms with Crippen LogP contribution in [0, 0.1) is 18.8 Å². The van der Waals surface area contributed by atoms with E-state index >= 15 is 0 Å². The summed E-state index contributed by atoms with van der Waals surface area (Å²) in [7, 11) is 0. The summed E-state index contributed by atoms with van der Waals surface area (Å²) in [5.41, 5.74) is 26.5. The van der Waals surface area contributed by atoms with Gasteiger partial charge in [-0.05, 0) is 136 Å². The van der Waals surface area contributed by atoms with Crippen LogP contribution < -0.4 is 14.5 Å². The Labute approximate surface area is 568 Å². The van der Waals surface area contributed by atoms with Gasteiger partial charge < -0.3 is 19.1 Å². The summed E-state index contributed by atoms with van der Waals surface area (Å²) in [4.78, 5) is 9.80. The van der Waals surface area contributed by atoms with Crippen molar-refractivity contribution in [1.29, 1.82) is 0 Å². The van der Waals surface area contributed by atoms with Crippen LogP contribution in [-0.4, -0.2) is 9.55 Å². The normalized spacial score (nSPS) is 14.3. The molecule has 0 N–H and O–H groups in total. The second kappa shape index (κ2) is 22.3. The van der Waals surface area contributed by atoms with Gasteiger partial charge in [0, 0.05) is 83.4 Å². The monoisotopic (exact) mass is 1400 g/mol. The van der Waals surface area contributed by atoms with E-state index in [1.54, 1.807) is 0 Å². The first-order chi connectivity index (χ1) is 44.7. The quantitative estimate of drug-likeness (QED) is 0.142. The number of fused-ring (bicyclic) bond motifs is 13. The van der Waals surface area contributed by atoms with Crippen molar-refractivity contribution in [3.8, 4) is 61.8 Å². The van der Waals surface area contributed by atoms with E-state index in [4.69, 9.17) is 9.72 Å². The number of anilines is 4. The zero-order chi connectivity index (χ0) is 63.9. The Morgan fingerprint density at radius 1 is 0.404 bits per heavy atom. The molecule has 11 aromatic carbocycles. The Bertz CT molecular complexity index is 5080. The van der Waals surface area contributed by atoms with Crippen molar-refractivity contribution in [3.63, 3.8) is 0 Å². The Balaban J connectivity index is 0.00000729. The van der Waals surface area contributed by atoms with Crippen LogP contribution >= 0.6 is 0 Å². The molecule has 0 saturated heterocycles. The SMILES string of the molecule is CC(C)(C)c1cccc(-c2ccc(-n3c4[c-]c(Oc5[c-]c(N6[CH-]N(c7c(-c8cc(C(C)(C)C)cc(C(C)(C)C)c8)cccc7-c7ccc8c(c7)-c7ccccc7C87c8ccccc8C(C)(C)c8ccccc87)c7ccccc76)ccc5)ccc4c4ccccc43)nc2)c1.[Pt]. The van der Waals surface area contributed by atoms with Gasteiger partial charge in [-0.1, -0.05) is 258 Å². The third-order valence-electron chi connectivity index (χ3n) is 20.1. The van der Waals surface area contributed by atoms with Crippen LogP contribution in [0.3, 0.4) is 0 Å². The Hall–Kier alpha value is -9.54. The predicted molar refractivity (Wildman–Crippen MR) is 386 cm³/mol. The maximum Gasteiger partial charge on any atom is 0.135 e. The van der Waals surface area contributed by atoms with Gasteiger partial charge in [0.05, 0.1) is 5.41 Å². The minimum absolute atomic E-state index is 0. The smallest absolute Gasteiger partial charge is 0.135 e. The third-order valence-corrected chi connectivity index (χ3v) is 20.1. The molecule has 0 fully saturated rings. The van der Waals surface area contributed by atoms with Crippen LogP contribution in [0.1, 0.15) is 126 Å². The van der Waals surface area contributed by atoms with Crippen molar-refractivity contribution in [2.75, 3.05) is 9.80 Å². The van der Waals surface area contributed by atoms with Gasteiger partial charge in [-0.3, -0.25) is 0 Å². The molecule has 0 unspecified atom stereocenters. The van der Waals surface area contributed by atoms with E-state index in [0.29, 0.717) is 11.5 Å². The molecule has 94 heavy (non-hydrogen) atoms. The summed E-state index contributed by atoms with van der Waals surface area (Å²) < 4.78 is 9.07. The molecule has 0 amide bonds. The van der Waals surface area contributed by atoms with Crippen LogP contribution in [0.15, 0.2) is 249 Å². The first-order valence-corrected chi connectivity index (χ1v) is 32.7. The van der Waals surface area contributed by atoms with Crippen molar-refractivity contribution in [2.45, 2.75) is 103 Å². The van der Waals surface area contributed by atoms with E-state index in [0.717, 1.165) is 78.2 Å². The van der Waals surface area contributed by atoms with Crippen LogP contribution in [-0.2, 0) is 48.1 Å². The topological polar surface area (TPSA) is 33.5 Å². The van der Waals surface area contributed by atoms with E-state index in [1.165, 1.54) is 66.8 Å². The number of benzene rings is 11. The van der Waals surface area contributed by atoms with Gasteiger partial charge in [-0.2, -0.15) is 12.1 Å². The zero-order valence-corrected chi connectivity index (χ0v) is 57.5. The molecule has 1 spiro atoms. The average molecular weight is 1400 g/mol. The first-order valence-electron chi connectivity index (χ1n) is 32.7. The summed E-state index contributed by atoms with van der Waals surface area (Å²) in [5, 5.41) is 2.19. The Kier molecular flexibility index (Phi) is 14.4. The maximum atomic E-state index is 6.87. The molecule has 466 valence electrons. The van der Waals surface area contributed by atoms with Crippen LogP contribution in [0.4, 0.5) is 22.7 Å². The van der Waals surface area contributed by atoms with Crippen molar-refractivity contribution in [3.05, 3.63) is 318 Å². The number of para-hydroxylation sites is 4. The number of nitrogens with zero attached hydrogens (tertiary/aromatic N) is 4. The fourth-order valence-corrected chi connectivity index (χ4v) is 15.2. The molecule has 6 heteroatoms. The van der Waals surface area contributed by atoms with Crippen LogP contribution in [0.25, 0.3) is 72.1 Å². The zero-order valence-electron chi connectivity index (χ0n) is 55.3. The summed E-state index contributed by atoms with van der Waals surface area (Å²) >= 11 is 0. The summed E-state index contributed by atoms with van der Waals surface area (Å²) in [5.74, 6) is 1.97. The second-order valence-electron chi connectivity index (χ2n) is 29.3. The van der Waals surface area contributed by atoms with Gasteiger partial charge in [0.25, 0.3) is 0 Å².